The third-order valence-corrected chi connectivity index (χ3v) is 2.20. The number of carbonyl (C=O) groups excluding carboxylic acids is 1. The molecule has 0 unspecified atom stereocenters. The molecule has 0 bridgehead atoms. The number of nitrogens with zero attached hydrogens (tertiary/aromatic N) is 2. The molecular weight excluding hydrogens is 233 g/mol. The minimum absolute atomic E-state index is 0.00617. The van der Waals surface area contributed by atoms with Crippen molar-refractivity contribution in [2.45, 2.75) is 20.0 Å². The minimum atomic E-state index is -4.39. The molecule has 6 heteroatoms. The van der Waals surface area contributed by atoms with Crippen molar-refractivity contribution in [3.8, 4) is 0 Å². The van der Waals surface area contributed by atoms with Crippen LogP contribution in [0.3, 0.4) is 0 Å². The summed E-state index contributed by atoms with van der Waals surface area (Å²) < 4.78 is 36.7. The fourth-order valence-corrected chi connectivity index (χ4v) is 1.32. The summed E-state index contributed by atoms with van der Waals surface area (Å²) in [6, 6.07) is 3.07. The van der Waals surface area contributed by atoms with Gasteiger partial charge in [0, 0.05) is 18.4 Å². The fraction of sp³-hybridized carbons (Fsp3) is 0.455. The minimum Gasteiger partial charge on any atom is -0.330 e. The first-order chi connectivity index (χ1) is 7.83. The second-order valence-corrected chi connectivity index (χ2v) is 3.62. The fourth-order valence-electron chi connectivity index (χ4n) is 1.32. The second kappa shape index (κ2) is 5.16. The molecule has 0 spiro atoms. The highest BCUT2D eigenvalue weighted by atomic mass is 19.4. The predicted molar refractivity (Wildman–Crippen MR) is 56.6 cm³/mol. The maximum Gasteiger partial charge on any atom is 0.406 e. The Labute approximate surface area is 97.3 Å². The number of halogens is 3. The third kappa shape index (κ3) is 4.05. The number of pyridine rings is 1. The Morgan fingerprint density at radius 3 is 2.47 bits per heavy atom. The smallest absolute Gasteiger partial charge is 0.330 e. The third-order valence-electron chi connectivity index (χ3n) is 2.20. The summed E-state index contributed by atoms with van der Waals surface area (Å²) in [5.41, 5.74) is 0.877. The topological polar surface area (TPSA) is 33.2 Å². The van der Waals surface area contributed by atoms with Crippen molar-refractivity contribution in [3.63, 3.8) is 0 Å². The lowest BCUT2D eigenvalue weighted by Crippen LogP contribution is -2.38. The van der Waals surface area contributed by atoms with Crippen LogP contribution in [-0.4, -0.2) is 35.1 Å². The van der Waals surface area contributed by atoms with Crippen LogP contribution in [0.4, 0.5) is 13.2 Å². The Morgan fingerprint density at radius 1 is 1.41 bits per heavy atom. The molecule has 1 aromatic rings. The van der Waals surface area contributed by atoms with Crippen molar-refractivity contribution >= 4 is 5.91 Å². The monoisotopic (exact) mass is 246 g/mol. The highest BCUT2D eigenvalue weighted by Gasteiger charge is 2.32. The summed E-state index contributed by atoms with van der Waals surface area (Å²) in [4.78, 5) is 16.4. The van der Waals surface area contributed by atoms with E-state index in [9.17, 15) is 18.0 Å². The molecule has 1 aromatic heterocycles. The number of rotatable bonds is 3. The molecule has 0 aliphatic carbocycles. The number of hydrogen-bond donors (Lipinski definition) is 0. The first-order valence-electron chi connectivity index (χ1n) is 5.12. The van der Waals surface area contributed by atoms with Crippen LogP contribution >= 0.6 is 0 Å². The van der Waals surface area contributed by atoms with Crippen molar-refractivity contribution in [2.24, 2.45) is 0 Å². The molecule has 1 amide bonds. The summed E-state index contributed by atoms with van der Waals surface area (Å²) in [7, 11) is 0. The highest BCUT2D eigenvalue weighted by molar-refractivity contribution is 5.93. The molecule has 17 heavy (non-hydrogen) atoms. The van der Waals surface area contributed by atoms with Crippen LogP contribution < -0.4 is 0 Å². The first-order valence-corrected chi connectivity index (χ1v) is 5.12. The summed E-state index contributed by atoms with van der Waals surface area (Å²) in [6.45, 7) is 2.01. The molecule has 1 heterocycles. The van der Waals surface area contributed by atoms with Crippen molar-refractivity contribution in [2.75, 3.05) is 13.1 Å². The molecule has 0 saturated heterocycles. The van der Waals surface area contributed by atoms with Crippen LogP contribution in [0.15, 0.2) is 18.3 Å². The molecule has 0 aliphatic rings. The summed E-state index contributed by atoms with van der Waals surface area (Å²) in [5, 5.41) is 0. The molecule has 0 radical (unpaired) electrons. The quantitative estimate of drug-likeness (QED) is 0.820. The van der Waals surface area contributed by atoms with Gasteiger partial charge in [-0.3, -0.25) is 9.78 Å². The van der Waals surface area contributed by atoms with Gasteiger partial charge >= 0.3 is 6.18 Å². The van der Waals surface area contributed by atoms with E-state index in [-0.39, 0.29) is 12.1 Å². The van der Waals surface area contributed by atoms with Gasteiger partial charge in [0.25, 0.3) is 5.91 Å². The van der Waals surface area contributed by atoms with Crippen LogP contribution in [0.5, 0.6) is 0 Å². The van der Waals surface area contributed by atoms with Gasteiger partial charge in [-0.25, -0.2) is 0 Å². The standard InChI is InChI=1S/C11H13F3N2O/c1-3-16(7-11(12,13)14)10(17)9-5-4-8(2)15-6-9/h4-6H,3,7H2,1-2H3. The van der Waals surface area contributed by atoms with E-state index < -0.39 is 18.6 Å². The lowest BCUT2D eigenvalue weighted by atomic mass is 10.2. The van der Waals surface area contributed by atoms with Gasteiger partial charge < -0.3 is 4.90 Å². The molecule has 0 aromatic carbocycles. The zero-order valence-electron chi connectivity index (χ0n) is 9.58. The van der Waals surface area contributed by atoms with E-state index in [0.717, 1.165) is 4.90 Å². The van der Waals surface area contributed by atoms with E-state index in [2.05, 4.69) is 4.98 Å². The lowest BCUT2D eigenvalue weighted by Gasteiger charge is -2.22. The molecule has 0 N–H and O–H groups in total. The first kappa shape index (κ1) is 13.5. The number of aromatic nitrogens is 1. The SMILES string of the molecule is CCN(CC(F)(F)F)C(=O)c1ccc(C)nc1. The van der Waals surface area contributed by atoms with E-state index in [0.29, 0.717) is 5.69 Å². The molecule has 0 saturated carbocycles. The van der Waals surface area contributed by atoms with Gasteiger partial charge in [-0.1, -0.05) is 0 Å². The molecule has 1 rings (SSSR count). The number of hydrogen-bond acceptors (Lipinski definition) is 2. The van der Waals surface area contributed by atoms with Crippen LogP contribution in [0.1, 0.15) is 23.0 Å². The van der Waals surface area contributed by atoms with Gasteiger partial charge in [0.1, 0.15) is 6.54 Å². The van der Waals surface area contributed by atoms with Gasteiger partial charge in [0.15, 0.2) is 0 Å². The maximum absolute atomic E-state index is 12.2. The predicted octanol–water partition coefficient (Wildman–Crippen LogP) is 2.41. The van der Waals surface area contributed by atoms with Gasteiger partial charge in [0.2, 0.25) is 0 Å². The van der Waals surface area contributed by atoms with Gasteiger partial charge in [-0.2, -0.15) is 13.2 Å². The largest absolute Gasteiger partial charge is 0.406 e. The van der Waals surface area contributed by atoms with Gasteiger partial charge in [-0.05, 0) is 26.0 Å². The van der Waals surface area contributed by atoms with Crippen molar-refractivity contribution in [1.29, 1.82) is 0 Å². The van der Waals surface area contributed by atoms with E-state index in [1.165, 1.54) is 19.2 Å². The normalized spacial score (nSPS) is 11.4. The summed E-state index contributed by atoms with van der Waals surface area (Å²) >= 11 is 0. The molecule has 0 atom stereocenters. The number of aryl methyl sites for hydroxylation is 1. The number of alkyl halides is 3. The zero-order chi connectivity index (χ0) is 13.1. The highest BCUT2D eigenvalue weighted by Crippen LogP contribution is 2.17. The van der Waals surface area contributed by atoms with Crippen molar-refractivity contribution in [3.05, 3.63) is 29.6 Å². The van der Waals surface area contributed by atoms with Crippen LogP contribution in [-0.2, 0) is 0 Å². The van der Waals surface area contributed by atoms with E-state index in [4.69, 9.17) is 0 Å². The Balaban J connectivity index is 2.83. The molecule has 94 valence electrons. The van der Waals surface area contributed by atoms with Crippen molar-refractivity contribution in [1.82, 2.24) is 9.88 Å². The van der Waals surface area contributed by atoms with E-state index in [1.807, 2.05) is 0 Å². The van der Waals surface area contributed by atoms with Crippen LogP contribution in [0.2, 0.25) is 0 Å². The Kier molecular flexibility index (Phi) is 4.09. The van der Waals surface area contributed by atoms with E-state index >= 15 is 0 Å². The van der Waals surface area contributed by atoms with Crippen molar-refractivity contribution < 1.29 is 18.0 Å². The van der Waals surface area contributed by atoms with Crippen LogP contribution in [0.25, 0.3) is 0 Å². The summed E-state index contributed by atoms with van der Waals surface area (Å²) in [5.74, 6) is -0.655. The Hall–Kier alpha value is -1.59. The van der Waals surface area contributed by atoms with Gasteiger partial charge in [0.05, 0.1) is 5.56 Å². The zero-order valence-corrected chi connectivity index (χ0v) is 9.58. The molecule has 0 aliphatic heterocycles. The van der Waals surface area contributed by atoms with Crippen LogP contribution in [0, 0.1) is 6.92 Å². The Morgan fingerprint density at radius 2 is 2.06 bits per heavy atom. The number of carbonyl (C=O) groups is 1. The number of amides is 1. The second-order valence-electron chi connectivity index (χ2n) is 3.62. The average molecular weight is 246 g/mol. The van der Waals surface area contributed by atoms with E-state index in [1.54, 1.807) is 13.0 Å². The lowest BCUT2D eigenvalue weighted by molar-refractivity contribution is -0.140. The maximum atomic E-state index is 12.2. The Bertz CT molecular complexity index is 387. The molecular formula is C11H13F3N2O. The average Bonchev–Trinajstić information content (AvgIpc) is 2.25. The van der Waals surface area contributed by atoms with Gasteiger partial charge in [-0.15, -0.1) is 0 Å². The summed E-state index contributed by atoms with van der Waals surface area (Å²) in [6.07, 6.45) is -3.10. The molecule has 0 fully saturated rings. The molecule has 3 nitrogen and oxygen atoms in total.